The molecule has 0 spiro atoms. The predicted molar refractivity (Wildman–Crippen MR) is 81.2 cm³/mol. The zero-order valence-electron chi connectivity index (χ0n) is 11.9. The first-order chi connectivity index (χ1) is 10.7. The molecule has 0 unspecified atom stereocenters. The van der Waals surface area contributed by atoms with E-state index < -0.39 is 5.97 Å². The van der Waals surface area contributed by atoms with Gasteiger partial charge >= 0.3 is 5.97 Å². The van der Waals surface area contributed by atoms with E-state index in [1.165, 1.54) is 18.4 Å². The van der Waals surface area contributed by atoms with E-state index in [4.69, 9.17) is 9.15 Å². The number of fused-ring (bicyclic) bond motifs is 1. The summed E-state index contributed by atoms with van der Waals surface area (Å²) >= 11 is 0. The fourth-order valence-corrected chi connectivity index (χ4v) is 2.39. The SMILES string of the molecule is O=C(C=Cc1ccco1)OCC(=O)N1CCc2ccccc21. The summed E-state index contributed by atoms with van der Waals surface area (Å²) < 4.78 is 10.0. The number of hydrogen-bond acceptors (Lipinski definition) is 4. The molecule has 1 aliphatic heterocycles. The summed E-state index contributed by atoms with van der Waals surface area (Å²) in [4.78, 5) is 25.4. The molecule has 1 aromatic carbocycles. The molecule has 0 saturated carbocycles. The molecular weight excluding hydrogens is 282 g/mol. The second-order valence-corrected chi connectivity index (χ2v) is 4.88. The maximum Gasteiger partial charge on any atom is 0.331 e. The quantitative estimate of drug-likeness (QED) is 0.642. The van der Waals surface area contributed by atoms with Crippen LogP contribution in [0.5, 0.6) is 0 Å². The van der Waals surface area contributed by atoms with Crippen LogP contribution in [-0.2, 0) is 20.7 Å². The number of amides is 1. The highest BCUT2D eigenvalue weighted by molar-refractivity contribution is 5.98. The van der Waals surface area contributed by atoms with Crippen molar-refractivity contribution in [3.63, 3.8) is 0 Å². The number of hydrogen-bond donors (Lipinski definition) is 0. The summed E-state index contributed by atoms with van der Waals surface area (Å²) in [5, 5.41) is 0. The van der Waals surface area contributed by atoms with Gasteiger partial charge in [0.15, 0.2) is 6.61 Å². The fraction of sp³-hybridized carbons (Fsp3) is 0.176. The monoisotopic (exact) mass is 297 g/mol. The molecule has 0 radical (unpaired) electrons. The molecule has 22 heavy (non-hydrogen) atoms. The number of esters is 1. The van der Waals surface area contributed by atoms with Gasteiger partial charge in [-0.2, -0.15) is 0 Å². The van der Waals surface area contributed by atoms with Crippen LogP contribution >= 0.6 is 0 Å². The average Bonchev–Trinajstić information content (AvgIpc) is 3.19. The van der Waals surface area contributed by atoms with Crippen molar-refractivity contribution in [3.8, 4) is 0 Å². The Balaban J connectivity index is 1.54. The van der Waals surface area contributed by atoms with Crippen molar-refractivity contribution >= 4 is 23.6 Å². The van der Waals surface area contributed by atoms with Gasteiger partial charge < -0.3 is 14.1 Å². The molecule has 2 heterocycles. The van der Waals surface area contributed by atoms with Gasteiger partial charge in [-0.3, -0.25) is 4.79 Å². The molecule has 0 saturated heterocycles. The summed E-state index contributed by atoms with van der Waals surface area (Å²) in [6.07, 6.45) is 5.08. The van der Waals surface area contributed by atoms with E-state index in [0.29, 0.717) is 12.3 Å². The molecule has 0 N–H and O–H groups in total. The topological polar surface area (TPSA) is 59.8 Å². The number of carbonyl (C=O) groups excluding carboxylic acids is 2. The minimum atomic E-state index is -0.572. The highest BCUT2D eigenvalue weighted by atomic mass is 16.5. The van der Waals surface area contributed by atoms with Crippen molar-refractivity contribution in [2.45, 2.75) is 6.42 Å². The maximum atomic E-state index is 12.2. The number of benzene rings is 1. The van der Waals surface area contributed by atoms with Crippen LogP contribution in [0.25, 0.3) is 6.08 Å². The Bertz CT molecular complexity index is 703. The Morgan fingerprint density at radius 2 is 2.09 bits per heavy atom. The highest BCUT2D eigenvalue weighted by Gasteiger charge is 2.24. The lowest BCUT2D eigenvalue weighted by Crippen LogP contribution is -2.33. The first-order valence-electron chi connectivity index (χ1n) is 7.00. The number of carbonyl (C=O) groups is 2. The van der Waals surface area contributed by atoms with E-state index in [-0.39, 0.29) is 12.5 Å². The molecule has 2 aromatic rings. The average molecular weight is 297 g/mol. The molecule has 1 aromatic heterocycles. The van der Waals surface area contributed by atoms with Crippen molar-refractivity contribution in [3.05, 3.63) is 60.1 Å². The normalized spacial score (nSPS) is 13.4. The van der Waals surface area contributed by atoms with E-state index in [1.807, 2.05) is 24.3 Å². The predicted octanol–water partition coefficient (Wildman–Crippen LogP) is 2.43. The lowest BCUT2D eigenvalue weighted by molar-refractivity contribution is -0.142. The third-order valence-electron chi connectivity index (χ3n) is 3.45. The molecule has 5 heteroatoms. The number of anilines is 1. The van der Waals surface area contributed by atoms with Crippen molar-refractivity contribution in [2.75, 3.05) is 18.1 Å². The van der Waals surface area contributed by atoms with Gasteiger partial charge in [-0.15, -0.1) is 0 Å². The van der Waals surface area contributed by atoms with Gasteiger partial charge in [-0.1, -0.05) is 18.2 Å². The van der Waals surface area contributed by atoms with Crippen LogP contribution in [-0.4, -0.2) is 25.0 Å². The molecule has 3 rings (SSSR count). The smallest absolute Gasteiger partial charge is 0.331 e. The summed E-state index contributed by atoms with van der Waals surface area (Å²) in [5.74, 6) is -0.237. The zero-order chi connectivity index (χ0) is 15.4. The van der Waals surface area contributed by atoms with Crippen LogP contribution in [0.3, 0.4) is 0 Å². The van der Waals surface area contributed by atoms with E-state index in [2.05, 4.69) is 0 Å². The van der Waals surface area contributed by atoms with Crippen LogP contribution in [0, 0.1) is 0 Å². The Morgan fingerprint density at radius 3 is 2.91 bits per heavy atom. The van der Waals surface area contributed by atoms with Gasteiger partial charge in [0.05, 0.1) is 6.26 Å². The molecule has 112 valence electrons. The van der Waals surface area contributed by atoms with Gasteiger partial charge in [0, 0.05) is 18.3 Å². The number of nitrogens with zero attached hydrogens (tertiary/aromatic N) is 1. The maximum absolute atomic E-state index is 12.2. The molecule has 1 amide bonds. The van der Waals surface area contributed by atoms with E-state index in [0.717, 1.165) is 17.7 Å². The number of furan rings is 1. The minimum Gasteiger partial charge on any atom is -0.465 e. The number of ether oxygens (including phenoxy) is 1. The zero-order valence-corrected chi connectivity index (χ0v) is 11.9. The first-order valence-corrected chi connectivity index (χ1v) is 7.00. The van der Waals surface area contributed by atoms with Gasteiger partial charge in [0.1, 0.15) is 5.76 Å². The number of rotatable bonds is 4. The summed E-state index contributed by atoms with van der Waals surface area (Å²) in [6, 6.07) is 11.2. The Labute approximate surface area is 127 Å². The Hall–Kier alpha value is -2.82. The van der Waals surface area contributed by atoms with Crippen molar-refractivity contribution in [1.82, 2.24) is 0 Å². The lowest BCUT2D eigenvalue weighted by Gasteiger charge is -2.16. The lowest BCUT2D eigenvalue weighted by atomic mass is 10.2. The Kier molecular flexibility index (Phi) is 4.05. The van der Waals surface area contributed by atoms with Crippen molar-refractivity contribution in [2.24, 2.45) is 0 Å². The van der Waals surface area contributed by atoms with Crippen molar-refractivity contribution < 1.29 is 18.7 Å². The molecule has 5 nitrogen and oxygen atoms in total. The van der Waals surface area contributed by atoms with Gasteiger partial charge in [0.2, 0.25) is 0 Å². The highest BCUT2D eigenvalue weighted by Crippen LogP contribution is 2.27. The van der Waals surface area contributed by atoms with E-state index >= 15 is 0 Å². The fourth-order valence-electron chi connectivity index (χ4n) is 2.39. The molecule has 0 atom stereocenters. The van der Waals surface area contributed by atoms with Crippen LogP contribution < -0.4 is 4.90 Å². The van der Waals surface area contributed by atoms with Gasteiger partial charge in [-0.05, 0) is 36.3 Å². The molecule has 1 aliphatic rings. The van der Waals surface area contributed by atoms with Crippen LogP contribution in [0.15, 0.2) is 53.2 Å². The minimum absolute atomic E-state index is 0.218. The van der Waals surface area contributed by atoms with Crippen LogP contribution in [0.2, 0.25) is 0 Å². The third-order valence-corrected chi connectivity index (χ3v) is 3.45. The molecular formula is C17H15NO4. The van der Waals surface area contributed by atoms with E-state index in [1.54, 1.807) is 17.0 Å². The molecule has 0 bridgehead atoms. The van der Waals surface area contributed by atoms with Crippen LogP contribution in [0.1, 0.15) is 11.3 Å². The summed E-state index contributed by atoms with van der Waals surface area (Å²) in [6.45, 7) is 0.355. The van der Waals surface area contributed by atoms with Crippen LogP contribution in [0.4, 0.5) is 5.69 Å². The summed E-state index contributed by atoms with van der Waals surface area (Å²) in [5.41, 5.74) is 2.04. The summed E-state index contributed by atoms with van der Waals surface area (Å²) in [7, 11) is 0. The first kappa shape index (κ1) is 14.1. The third kappa shape index (κ3) is 3.09. The van der Waals surface area contributed by atoms with E-state index in [9.17, 15) is 9.59 Å². The Morgan fingerprint density at radius 1 is 1.23 bits per heavy atom. The van der Waals surface area contributed by atoms with Gasteiger partial charge in [0.25, 0.3) is 5.91 Å². The molecule has 0 fully saturated rings. The standard InChI is InChI=1S/C17H15NO4/c19-16(18-10-9-13-4-1-2-6-15(13)18)12-22-17(20)8-7-14-5-3-11-21-14/h1-8,11H,9-10,12H2. The molecule has 0 aliphatic carbocycles. The van der Waals surface area contributed by atoms with Gasteiger partial charge in [-0.25, -0.2) is 4.79 Å². The second kappa shape index (κ2) is 6.30. The largest absolute Gasteiger partial charge is 0.465 e. The van der Waals surface area contributed by atoms with Crippen molar-refractivity contribution in [1.29, 1.82) is 0 Å². The second-order valence-electron chi connectivity index (χ2n) is 4.88. The number of para-hydroxylation sites is 1.